The van der Waals surface area contributed by atoms with Crippen LogP contribution in [0.3, 0.4) is 0 Å². The average molecular weight is 661 g/mol. The highest BCUT2D eigenvalue weighted by Gasteiger charge is 2.50. The van der Waals surface area contributed by atoms with Crippen molar-refractivity contribution in [2.24, 2.45) is 5.92 Å². The molecular formula is C43H80O4. The van der Waals surface area contributed by atoms with Gasteiger partial charge in [0.2, 0.25) is 5.60 Å². The van der Waals surface area contributed by atoms with Crippen LogP contribution in [-0.2, 0) is 14.3 Å². The topological polar surface area (TPSA) is 63.6 Å². The van der Waals surface area contributed by atoms with E-state index in [0.29, 0.717) is 19.4 Å². The molecule has 0 aromatic heterocycles. The van der Waals surface area contributed by atoms with Crippen molar-refractivity contribution in [3.8, 4) is 0 Å². The summed E-state index contributed by atoms with van der Waals surface area (Å²) in [4.78, 5) is 26.9. The molecule has 2 unspecified atom stereocenters. The third kappa shape index (κ3) is 25.2. The van der Waals surface area contributed by atoms with E-state index in [2.05, 4.69) is 45.1 Å². The minimum absolute atomic E-state index is 0.251. The van der Waals surface area contributed by atoms with Crippen molar-refractivity contribution in [2.45, 2.75) is 226 Å². The van der Waals surface area contributed by atoms with Crippen LogP contribution in [-0.4, -0.2) is 29.1 Å². The minimum atomic E-state index is -2.01. The largest absolute Gasteiger partial charge is 0.463 e. The van der Waals surface area contributed by atoms with Crippen molar-refractivity contribution >= 4 is 11.8 Å². The molecule has 4 nitrogen and oxygen atoms in total. The fourth-order valence-electron chi connectivity index (χ4n) is 6.54. The van der Waals surface area contributed by atoms with Gasteiger partial charge in [-0.05, 0) is 57.8 Å². The number of ether oxygens (including phenoxy) is 1. The zero-order valence-corrected chi connectivity index (χ0v) is 32.0. The van der Waals surface area contributed by atoms with E-state index in [1.165, 1.54) is 96.3 Å². The first kappa shape index (κ1) is 45.6. The van der Waals surface area contributed by atoms with E-state index in [4.69, 9.17) is 4.74 Å². The van der Waals surface area contributed by atoms with Gasteiger partial charge in [-0.2, -0.15) is 0 Å². The predicted octanol–water partition coefficient (Wildman–Crippen LogP) is 13.3. The van der Waals surface area contributed by atoms with E-state index >= 15 is 0 Å². The van der Waals surface area contributed by atoms with Crippen molar-refractivity contribution in [2.75, 3.05) is 6.61 Å². The molecule has 4 heteroatoms. The summed E-state index contributed by atoms with van der Waals surface area (Å²) in [6.07, 6.45) is 41.9. The maximum Gasteiger partial charge on any atom is 0.346 e. The third-order valence-electron chi connectivity index (χ3n) is 9.81. The van der Waals surface area contributed by atoms with Gasteiger partial charge in [0.1, 0.15) is 0 Å². The lowest BCUT2D eigenvalue weighted by Crippen LogP contribution is -2.53. The van der Waals surface area contributed by atoms with E-state index in [0.717, 1.165) is 77.0 Å². The van der Waals surface area contributed by atoms with Gasteiger partial charge in [-0.15, -0.1) is 0 Å². The number of carbonyl (C=O) groups is 2. The summed E-state index contributed by atoms with van der Waals surface area (Å²) in [5.74, 6) is -1.40. The minimum Gasteiger partial charge on any atom is -0.463 e. The summed E-state index contributed by atoms with van der Waals surface area (Å²) in [7, 11) is 0. The fourth-order valence-corrected chi connectivity index (χ4v) is 6.54. The maximum atomic E-state index is 13.6. The standard InChI is InChI=1S/C43H80O4/c1-5-9-12-15-18-20-22-23-24-25-26-27-29-32-35-38-41(44)43(46,40(8-4)37-34-31-17-14-11-7-3)42(45)47-39-36-33-30-28-21-19-16-13-10-6-2/h18,20,23-24,40,46H,5-17,19,21-22,25-39H2,1-4H3/b20-18-,24-23-. The van der Waals surface area contributed by atoms with E-state index in [-0.39, 0.29) is 18.1 Å². The number of esters is 1. The lowest BCUT2D eigenvalue weighted by molar-refractivity contribution is -0.178. The average Bonchev–Trinajstić information content (AvgIpc) is 3.08. The zero-order valence-electron chi connectivity index (χ0n) is 32.0. The Bertz CT molecular complexity index is 757. The van der Waals surface area contributed by atoms with Crippen molar-refractivity contribution in [1.29, 1.82) is 0 Å². The third-order valence-corrected chi connectivity index (χ3v) is 9.81. The normalized spacial score (nSPS) is 13.8. The van der Waals surface area contributed by atoms with Gasteiger partial charge in [-0.1, -0.05) is 180 Å². The molecule has 2 atom stereocenters. The number of aliphatic hydroxyl groups is 1. The molecule has 0 amide bonds. The number of carbonyl (C=O) groups excluding carboxylic acids is 2. The quantitative estimate of drug-likeness (QED) is 0.0314. The summed E-state index contributed by atoms with van der Waals surface area (Å²) in [5, 5.41) is 11.8. The summed E-state index contributed by atoms with van der Waals surface area (Å²) in [5.41, 5.74) is -2.01. The first-order valence-electron chi connectivity index (χ1n) is 20.7. The number of ketones is 1. The van der Waals surface area contributed by atoms with E-state index < -0.39 is 11.6 Å². The number of allylic oxidation sites excluding steroid dienone is 4. The van der Waals surface area contributed by atoms with Gasteiger partial charge in [-0.25, -0.2) is 4.79 Å². The van der Waals surface area contributed by atoms with Gasteiger partial charge in [0.15, 0.2) is 5.78 Å². The molecule has 0 saturated heterocycles. The Morgan fingerprint density at radius 2 is 0.979 bits per heavy atom. The molecular weight excluding hydrogens is 580 g/mol. The molecule has 0 aromatic carbocycles. The summed E-state index contributed by atoms with van der Waals surface area (Å²) >= 11 is 0. The van der Waals surface area contributed by atoms with Crippen molar-refractivity contribution < 1.29 is 19.4 Å². The number of rotatable bonds is 36. The van der Waals surface area contributed by atoms with Crippen LogP contribution in [0.1, 0.15) is 220 Å². The lowest BCUT2D eigenvalue weighted by Gasteiger charge is -2.32. The Hall–Kier alpha value is -1.42. The Balaban J connectivity index is 4.64. The Labute approximate surface area is 293 Å². The van der Waals surface area contributed by atoms with Crippen LogP contribution in [0, 0.1) is 5.92 Å². The number of Topliss-reactive ketones (excluding diaryl/α,β-unsaturated/α-hetero) is 1. The van der Waals surface area contributed by atoms with Gasteiger partial charge >= 0.3 is 5.97 Å². The second-order valence-electron chi connectivity index (χ2n) is 14.1. The summed E-state index contributed by atoms with van der Waals surface area (Å²) < 4.78 is 5.65. The lowest BCUT2D eigenvalue weighted by atomic mass is 9.77. The first-order chi connectivity index (χ1) is 23.0. The molecule has 0 radical (unpaired) electrons. The van der Waals surface area contributed by atoms with Crippen LogP contribution in [0.15, 0.2) is 24.3 Å². The van der Waals surface area contributed by atoms with Gasteiger partial charge in [0.05, 0.1) is 6.61 Å². The van der Waals surface area contributed by atoms with Gasteiger partial charge in [0, 0.05) is 12.3 Å². The fraction of sp³-hybridized carbons (Fsp3) is 0.860. The van der Waals surface area contributed by atoms with Crippen LogP contribution in [0.25, 0.3) is 0 Å². The molecule has 47 heavy (non-hydrogen) atoms. The number of unbranched alkanes of at least 4 members (excludes halogenated alkanes) is 22. The SMILES string of the molecule is CCCCC/C=C\C/C=C\CCCCCCCC(=O)C(O)(C(=O)OCCCCCCCCCCCC)C(CC)CCCCCCCC. The van der Waals surface area contributed by atoms with E-state index in [1.54, 1.807) is 0 Å². The van der Waals surface area contributed by atoms with Crippen LogP contribution in [0.5, 0.6) is 0 Å². The predicted molar refractivity (Wildman–Crippen MR) is 204 cm³/mol. The number of hydrogen-bond acceptors (Lipinski definition) is 4. The molecule has 0 aliphatic heterocycles. The second kappa shape index (κ2) is 34.4. The molecule has 0 spiro atoms. The highest BCUT2D eigenvalue weighted by atomic mass is 16.6. The van der Waals surface area contributed by atoms with Gasteiger partial charge < -0.3 is 9.84 Å². The highest BCUT2D eigenvalue weighted by molar-refractivity contribution is 6.07. The van der Waals surface area contributed by atoms with Crippen molar-refractivity contribution in [3.63, 3.8) is 0 Å². The molecule has 0 aromatic rings. The van der Waals surface area contributed by atoms with Crippen LogP contribution in [0.4, 0.5) is 0 Å². The zero-order chi connectivity index (χ0) is 34.7. The molecule has 1 N–H and O–H groups in total. The molecule has 0 aliphatic carbocycles. The van der Waals surface area contributed by atoms with Crippen LogP contribution in [0.2, 0.25) is 0 Å². The second-order valence-corrected chi connectivity index (χ2v) is 14.1. The highest BCUT2D eigenvalue weighted by Crippen LogP contribution is 2.31. The first-order valence-corrected chi connectivity index (χ1v) is 20.7. The van der Waals surface area contributed by atoms with Crippen molar-refractivity contribution in [3.05, 3.63) is 24.3 Å². The monoisotopic (exact) mass is 661 g/mol. The van der Waals surface area contributed by atoms with Crippen LogP contribution >= 0.6 is 0 Å². The smallest absolute Gasteiger partial charge is 0.346 e. The van der Waals surface area contributed by atoms with Gasteiger partial charge in [0.25, 0.3) is 0 Å². The number of hydrogen-bond donors (Lipinski definition) is 1. The van der Waals surface area contributed by atoms with Crippen LogP contribution < -0.4 is 0 Å². The molecule has 0 bridgehead atoms. The molecule has 0 rings (SSSR count). The summed E-state index contributed by atoms with van der Waals surface area (Å²) in [6, 6.07) is 0. The Morgan fingerprint density at radius 1 is 0.553 bits per heavy atom. The maximum absolute atomic E-state index is 13.6. The Morgan fingerprint density at radius 3 is 1.51 bits per heavy atom. The van der Waals surface area contributed by atoms with Crippen molar-refractivity contribution in [1.82, 2.24) is 0 Å². The summed E-state index contributed by atoms with van der Waals surface area (Å²) in [6.45, 7) is 8.99. The van der Waals surface area contributed by atoms with Gasteiger partial charge in [-0.3, -0.25) is 4.79 Å². The Kier molecular flexibility index (Phi) is 33.4. The molecule has 0 fully saturated rings. The molecule has 276 valence electrons. The molecule has 0 heterocycles. The van der Waals surface area contributed by atoms with E-state index in [1.807, 2.05) is 6.92 Å². The van der Waals surface area contributed by atoms with E-state index in [9.17, 15) is 14.7 Å². The molecule has 0 aliphatic rings. The molecule has 0 saturated carbocycles.